The molecular weight excluding hydrogens is 448 g/mol. The Morgan fingerprint density at radius 3 is 2.08 bits per heavy atom. The molecule has 0 aliphatic heterocycles. The lowest BCUT2D eigenvalue weighted by atomic mass is 9.96. The van der Waals surface area contributed by atoms with Crippen LogP contribution in [0.15, 0.2) is 89.9 Å². The van der Waals surface area contributed by atoms with Crippen molar-refractivity contribution in [1.82, 2.24) is 5.32 Å². The molecule has 0 bridgehead atoms. The van der Waals surface area contributed by atoms with Crippen LogP contribution in [0.3, 0.4) is 0 Å². The van der Waals surface area contributed by atoms with E-state index in [1.165, 1.54) is 6.42 Å². The van der Waals surface area contributed by atoms with Gasteiger partial charge in [-0.25, -0.2) is 15.0 Å². The predicted molar refractivity (Wildman–Crippen MR) is 150 cm³/mol. The summed E-state index contributed by atoms with van der Waals surface area (Å²) in [5.41, 5.74) is 9.11. The smallest absolute Gasteiger partial charge is 0.223 e. The van der Waals surface area contributed by atoms with E-state index in [2.05, 4.69) is 10.6 Å². The van der Waals surface area contributed by atoms with Crippen LogP contribution in [0.2, 0.25) is 0 Å². The summed E-state index contributed by atoms with van der Waals surface area (Å²) in [6.07, 6.45) is 5.59. The molecular formula is C28H34N8. The fourth-order valence-corrected chi connectivity index (χ4v) is 4.39. The Morgan fingerprint density at radius 2 is 1.44 bits per heavy atom. The van der Waals surface area contributed by atoms with Crippen LogP contribution < -0.4 is 26.4 Å². The van der Waals surface area contributed by atoms with Gasteiger partial charge in [0.25, 0.3) is 0 Å². The van der Waals surface area contributed by atoms with Gasteiger partial charge in [0.2, 0.25) is 11.9 Å². The average Bonchev–Trinajstić information content (AvgIpc) is 2.89. The van der Waals surface area contributed by atoms with Gasteiger partial charge in [-0.15, -0.1) is 0 Å². The van der Waals surface area contributed by atoms with Crippen LogP contribution in [0.25, 0.3) is 0 Å². The fourth-order valence-electron chi connectivity index (χ4n) is 4.39. The Kier molecular flexibility index (Phi) is 8.18. The van der Waals surface area contributed by atoms with Crippen LogP contribution in [0, 0.1) is 17.7 Å². The molecule has 1 aliphatic rings. The summed E-state index contributed by atoms with van der Waals surface area (Å²) >= 11 is 0. The van der Waals surface area contributed by atoms with Crippen molar-refractivity contribution < 1.29 is 0 Å². The Morgan fingerprint density at radius 1 is 0.833 bits per heavy atom. The molecule has 0 unspecified atom stereocenters. The van der Waals surface area contributed by atoms with E-state index in [9.17, 15) is 0 Å². The standard InChI is InChI=1S/C28H34N8/c1-21-13-11-12-20-25(21)36(27(31)34-26(29)30)35(24-18-9-4-10-19-24)28(32-22-14-5-2-6-15-22)33-23-16-7-3-8-17-23/h2,4-6,9-15,18-20,23H,3,7-8,16-17H2,1H3,(H,32,33)(H5,29,30,31,34). The van der Waals surface area contributed by atoms with E-state index < -0.39 is 0 Å². The third kappa shape index (κ3) is 6.21. The molecule has 0 radical (unpaired) electrons. The molecule has 36 heavy (non-hydrogen) atoms. The molecule has 1 aliphatic carbocycles. The first-order valence-electron chi connectivity index (χ1n) is 12.3. The molecule has 0 amide bonds. The summed E-state index contributed by atoms with van der Waals surface area (Å²) in [7, 11) is 0. The van der Waals surface area contributed by atoms with Crippen LogP contribution in [-0.4, -0.2) is 23.9 Å². The number of aryl methyl sites for hydroxylation is 1. The lowest BCUT2D eigenvalue weighted by Gasteiger charge is -2.39. The highest BCUT2D eigenvalue weighted by atomic mass is 15.7. The zero-order valence-corrected chi connectivity index (χ0v) is 20.6. The minimum Gasteiger partial charge on any atom is -0.370 e. The highest BCUT2D eigenvalue weighted by Gasteiger charge is 2.29. The maximum Gasteiger partial charge on any atom is 0.223 e. The molecule has 0 atom stereocenters. The minimum absolute atomic E-state index is 0.0631. The molecule has 0 aromatic heterocycles. The van der Waals surface area contributed by atoms with Crippen LogP contribution in [-0.2, 0) is 0 Å². The van der Waals surface area contributed by atoms with E-state index in [-0.39, 0.29) is 18.0 Å². The number of nitrogens with zero attached hydrogens (tertiary/aromatic N) is 3. The summed E-state index contributed by atoms with van der Waals surface area (Å²) in [5, 5.41) is 26.6. The van der Waals surface area contributed by atoms with Gasteiger partial charge in [-0.3, -0.25) is 16.1 Å². The molecule has 186 valence electrons. The zero-order valence-electron chi connectivity index (χ0n) is 20.6. The molecule has 1 fully saturated rings. The van der Waals surface area contributed by atoms with Gasteiger partial charge in [-0.1, -0.05) is 73.9 Å². The van der Waals surface area contributed by atoms with E-state index in [0.717, 1.165) is 48.3 Å². The van der Waals surface area contributed by atoms with Crippen LogP contribution in [0.4, 0.5) is 17.1 Å². The Bertz CT molecular complexity index is 1190. The quantitative estimate of drug-likeness (QED) is 0.193. The van der Waals surface area contributed by atoms with Crippen LogP contribution >= 0.6 is 0 Å². The van der Waals surface area contributed by atoms with Gasteiger partial charge in [0.15, 0.2) is 5.96 Å². The van der Waals surface area contributed by atoms with E-state index in [0.29, 0.717) is 5.96 Å². The normalized spacial score (nSPS) is 14.1. The lowest BCUT2D eigenvalue weighted by Crippen LogP contribution is -2.58. The lowest BCUT2D eigenvalue weighted by molar-refractivity contribution is 0.443. The van der Waals surface area contributed by atoms with Gasteiger partial charge < -0.3 is 11.1 Å². The van der Waals surface area contributed by atoms with Crippen molar-refractivity contribution in [3.05, 3.63) is 90.5 Å². The number of hydrazine groups is 1. The number of rotatable bonds is 4. The first-order valence-corrected chi connectivity index (χ1v) is 12.3. The van der Waals surface area contributed by atoms with E-state index in [1.807, 2.05) is 96.9 Å². The number of hydrogen-bond acceptors (Lipinski definition) is 3. The van der Waals surface area contributed by atoms with Crippen molar-refractivity contribution in [3.8, 4) is 0 Å². The summed E-state index contributed by atoms with van der Waals surface area (Å²) in [5.74, 6) is 0.220. The molecule has 1 saturated carbocycles. The van der Waals surface area contributed by atoms with Gasteiger partial charge in [0.05, 0.1) is 17.4 Å². The van der Waals surface area contributed by atoms with Crippen LogP contribution in [0.5, 0.6) is 0 Å². The number of guanidine groups is 3. The summed E-state index contributed by atoms with van der Waals surface area (Å²) < 4.78 is 0. The third-order valence-corrected chi connectivity index (χ3v) is 6.12. The van der Waals surface area contributed by atoms with Crippen molar-refractivity contribution >= 4 is 34.9 Å². The second kappa shape index (κ2) is 11.9. The van der Waals surface area contributed by atoms with Gasteiger partial charge in [-0.05, 0) is 55.7 Å². The number of para-hydroxylation sites is 3. The van der Waals surface area contributed by atoms with Gasteiger partial charge in [0.1, 0.15) is 0 Å². The topological polar surface area (TPSA) is 117 Å². The van der Waals surface area contributed by atoms with Crippen molar-refractivity contribution in [2.24, 2.45) is 10.7 Å². The minimum atomic E-state index is -0.312. The first-order chi connectivity index (χ1) is 17.5. The molecule has 8 heteroatoms. The number of hydrogen-bond donors (Lipinski definition) is 5. The third-order valence-electron chi connectivity index (χ3n) is 6.12. The van der Waals surface area contributed by atoms with Gasteiger partial charge in [0, 0.05) is 5.69 Å². The van der Waals surface area contributed by atoms with Gasteiger partial charge >= 0.3 is 0 Å². The number of anilines is 3. The second-order valence-corrected chi connectivity index (χ2v) is 8.87. The highest BCUT2D eigenvalue weighted by molar-refractivity contribution is 6.15. The first kappa shape index (κ1) is 24.8. The van der Waals surface area contributed by atoms with E-state index >= 15 is 0 Å². The predicted octanol–water partition coefficient (Wildman–Crippen LogP) is 5.44. The molecule has 3 aromatic rings. The average molecular weight is 483 g/mol. The maximum absolute atomic E-state index is 8.95. The largest absolute Gasteiger partial charge is 0.370 e. The monoisotopic (exact) mass is 482 g/mol. The molecule has 0 spiro atoms. The van der Waals surface area contributed by atoms with Crippen molar-refractivity contribution in [3.63, 3.8) is 0 Å². The summed E-state index contributed by atoms with van der Waals surface area (Å²) in [6.45, 7) is 2.00. The molecule has 3 aromatic carbocycles. The van der Waals surface area contributed by atoms with Crippen molar-refractivity contribution in [1.29, 1.82) is 10.8 Å². The zero-order chi connectivity index (χ0) is 25.3. The highest BCUT2D eigenvalue weighted by Crippen LogP contribution is 2.28. The Balaban J connectivity index is 1.90. The number of aliphatic imine (C=N–C) groups is 1. The maximum atomic E-state index is 8.95. The van der Waals surface area contributed by atoms with Crippen molar-refractivity contribution in [2.75, 3.05) is 15.3 Å². The van der Waals surface area contributed by atoms with E-state index in [1.54, 1.807) is 5.01 Å². The molecule has 0 heterocycles. The second-order valence-electron chi connectivity index (χ2n) is 8.87. The molecule has 0 saturated heterocycles. The fraction of sp³-hybridized carbons (Fsp3) is 0.250. The molecule has 6 N–H and O–H groups in total. The van der Waals surface area contributed by atoms with E-state index in [4.69, 9.17) is 21.5 Å². The Labute approximate surface area is 212 Å². The summed E-state index contributed by atoms with van der Waals surface area (Å²) in [6, 6.07) is 27.8. The SMILES string of the molecule is Cc1ccccc1N(C(=N)NC(=N)N)N(C(=NC1CCCCC1)Nc1ccccc1)c1ccccc1. The number of benzene rings is 3. The number of nitrogens with one attached hydrogen (secondary N) is 4. The summed E-state index contributed by atoms with van der Waals surface area (Å²) in [4.78, 5) is 5.23. The van der Waals surface area contributed by atoms with Crippen molar-refractivity contribution in [2.45, 2.75) is 45.1 Å². The molecule has 8 nitrogen and oxygen atoms in total. The Hall–Kier alpha value is -4.33. The van der Waals surface area contributed by atoms with Gasteiger partial charge in [-0.2, -0.15) is 0 Å². The molecule has 4 rings (SSSR count). The number of nitrogens with two attached hydrogens (primary N) is 1. The van der Waals surface area contributed by atoms with Crippen LogP contribution in [0.1, 0.15) is 37.7 Å².